The number of nitrogens with one attached hydrogen (secondary N) is 2. The van der Waals surface area contributed by atoms with Crippen LogP contribution in [0.2, 0.25) is 0 Å². The molecular formula is C15H30F3IN4O2. The van der Waals surface area contributed by atoms with Crippen molar-refractivity contribution >= 4 is 36.0 Å². The van der Waals surface area contributed by atoms with Crippen LogP contribution in [-0.2, 0) is 4.74 Å². The molecule has 0 aromatic carbocycles. The highest BCUT2D eigenvalue weighted by atomic mass is 127. The van der Waals surface area contributed by atoms with Gasteiger partial charge in [0.1, 0.15) is 5.60 Å². The van der Waals surface area contributed by atoms with Gasteiger partial charge in [0.2, 0.25) is 0 Å². The highest BCUT2D eigenvalue weighted by Gasteiger charge is 2.26. The van der Waals surface area contributed by atoms with Gasteiger partial charge in [-0.1, -0.05) is 6.92 Å². The fourth-order valence-electron chi connectivity index (χ4n) is 1.74. The fraction of sp³-hybridized carbons (Fsp3) is 0.867. The van der Waals surface area contributed by atoms with E-state index in [4.69, 9.17) is 4.74 Å². The van der Waals surface area contributed by atoms with Crippen LogP contribution in [0.25, 0.3) is 0 Å². The van der Waals surface area contributed by atoms with Crippen molar-refractivity contribution in [2.24, 2.45) is 4.99 Å². The lowest BCUT2D eigenvalue weighted by Crippen LogP contribution is -2.45. The molecule has 0 fully saturated rings. The predicted octanol–water partition coefficient (Wildman–Crippen LogP) is 3.37. The minimum Gasteiger partial charge on any atom is -0.444 e. The first-order chi connectivity index (χ1) is 11.0. The zero-order valence-corrected chi connectivity index (χ0v) is 17.8. The summed E-state index contributed by atoms with van der Waals surface area (Å²) in [6.45, 7) is 8.32. The highest BCUT2D eigenvalue weighted by molar-refractivity contribution is 14.0. The number of amides is 1. The standard InChI is InChI=1S/C15H29F3N4O2.HI/c1-6-10-22(13(23)24-14(2,3)4)11-9-21-12(19-5)20-8-7-15(16,17)18;/h6-11H2,1-5H3,(H2,19,20,21);1H. The second kappa shape index (κ2) is 12.4. The van der Waals surface area contributed by atoms with Crippen LogP contribution < -0.4 is 10.6 Å². The molecule has 0 aliphatic carbocycles. The van der Waals surface area contributed by atoms with E-state index in [9.17, 15) is 18.0 Å². The topological polar surface area (TPSA) is 66.0 Å². The predicted molar refractivity (Wildman–Crippen MR) is 104 cm³/mol. The summed E-state index contributed by atoms with van der Waals surface area (Å²) in [7, 11) is 1.47. The maximum absolute atomic E-state index is 12.1. The van der Waals surface area contributed by atoms with E-state index in [0.717, 1.165) is 6.42 Å². The number of carbonyl (C=O) groups excluding carboxylic acids is 1. The molecule has 0 rings (SSSR count). The van der Waals surface area contributed by atoms with Gasteiger partial charge in [-0.15, -0.1) is 24.0 Å². The largest absolute Gasteiger partial charge is 0.444 e. The summed E-state index contributed by atoms with van der Waals surface area (Å²) in [6, 6.07) is 0. The van der Waals surface area contributed by atoms with Gasteiger partial charge >= 0.3 is 12.3 Å². The number of aliphatic imine (C=N–C) groups is 1. The molecule has 10 heteroatoms. The van der Waals surface area contributed by atoms with E-state index < -0.39 is 24.3 Å². The second-order valence-corrected chi connectivity index (χ2v) is 6.26. The van der Waals surface area contributed by atoms with Crippen molar-refractivity contribution in [3.63, 3.8) is 0 Å². The van der Waals surface area contributed by atoms with E-state index in [2.05, 4.69) is 15.6 Å². The Hall–Kier alpha value is -0.940. The molecule has 1 amide bonds. The molecule has 2 N–H and O–H groups in total. The van der Waals surface area contributed by atoms with Crippen molar-refractivity contribution in [2.75, 3.05) is 33.2 Å². The average molecular weight is 482 g/mol. The Morgan fingerprint density at radius 3 is 2.12 bits per heavy atom. The van der Waals surface area contributed by atoms with Crippen LogP contribution in [0.3, 0.4) is 0 Å². The first kappa shape index (κ1) is 26.3. The van der Waals surface area contributed by atoms with E-state index >= 15 is 0 Å². The van der Waals surface area contributed by atoms with E-state index in [1.807, 2.05) is 6.92 Å². The Bertz CT molecular complexity index is 413. The molecular weight excluding hydrogens is 452 g/mol. The van der Waals surface area contributed by atoms with Gasteiger partial charge in [0.05, 0.1) is 6.42 Å². The number of halogens is 4. The quantitative estimate of drug-likeness (QED) is 0.332. The van der Waals surface area contributed by atoms with Gasteiger partial charge < -0.3 is 20.3 Å². The lowest BCUT2D eigenvalue weighted by molar-refractivity contribution is -0.132. The molecule has 25 heavy (non-hydrogen) atoms. The first-order valence-corrected chi connectivity index (χ1v) is 7.97. The molecule has 0 aromatic heterocycles. The van der Waals surface area contributed by atoms with E-state index in [-0.39, 0.29) is 36.5 Å². The molecule has 0 saturated carbocycles. The van der Waals surface area contributed by atoms with Gasteiger partial charge in [-0.2, -0.15) is 13.2 Å². The van der Waals surface area contributed by atoms with Gasteiger partial charge in [-0.3, -0.25) is 4.99 Å². The maximum Gasteiger partial charge on any atom is 0.410 e. The zero-order valence-electron chi connectivity index (χ0n) is 15.5. The van der Waals surface area contributed by atoms with Gasteiger partial charge in [0, 0.05) is 33.2 Å². The van der Waals surface area contributed by atoms with E-state index in [1.165, 1.54) is 7.05 Å². The summed E-state index contributed by atoms with van der Waals surface area (Å²) >= 11 is 0. The lowest BCUT2D eigenvalue weighted by atomic mass is 10.2. The van der Waals surface area contributed by atoms with E-state index in [0.29, 0.717) is 19.6 Å². The minimum atomic E-state index is -4.21. The number of hydrogen-bond acceptors (Lipinski definition) is 3. The van der Waals surface area contributed by atoms with Gasteiger partial charge in [-0.05, 0) is 27.2 Å². The minimum absolute atomic E-state index is 0. The first-order valence-electron chi connectivity index (χ1n) is 7.97. The summed E-state index contributed by atoms with van der Waals surface area (Å²) in [5, 5.41) is 5.47. The van der Waals surface area contributed by atoms with Gasteiger partial charge in [-0.25, -0.2) is 4.79 Å². The van der Waals surface area contributed by atoms with Crippen molar-refractivity contribution in [3.05, 3.63) is 0 Å². The monoisotopic (exact) mass is 482 g/mol. The fourth-order valence-corrected chi connectivity index (χ4v) is 1.74. The number of rotatable bonds is 7. The summed E-state index contributed by atoms with van der Waals surface area (Å²) in [4.78, 5) is 17.5. The summed E-state index contributed by atoms with van der Waals surface area (Å²) in [6.07, 6.45) is -4.78. The molecule has 0 aliphatic rings. The smallest absolute Gasteiger partial charge is 0.410 e. The number of hydrogen-bond donors (Lipinski definition) is 2. The summed E-state index contributed by atoms with van der Waals surface area (Å²) < 4.78 is 41.7. The lowest BCUT2D eigenvalue weighted by Gasteiger charge is -2.27. The molecule has 6 nitrogen and oxygen atoms in total. The molecule has 0 heterocycles. The Morgan fingerprint density at radius 2 is 1.68 bits per heavy atom. The Kier molecular flexibility index (Phi) is 13.1. The summed E-state index contributed by atoms with van der Waals surface area (Å²) in [5.74, 6) is 0.264. The Morgan fingerprint density at radius 1 is 1.12 bits per heavy atom. The molecule has 0 atom stereocenters. The van der Waals surface area contributed by atoms with Crippen molar-refractivity contribution in [1.82, 2.24) is 15.5 Å². The van der Waals surface area contributed by atoms with Gasteiger partial charge in [0.25, 0.3) is 0 Å². The van der Waals surface area contributed by atoms with Crippen LogP contribution in [0.4, 0.5) is 18.0 Å². The average Bonchev–Trinajstić information content (AvgIpc) is 2.41. The van der Waals surface area contributed by atoms with Crippen LogP contribution in [-0.4, -0.2) is 62.0 Å². The number of guanidine groups is 1. The third-order valence-electron chi connectivity index (χ3n) is 2.74. The molecule has 0 radical (unpaired) electrons. The molecule has 0 saturated heterocycles. The van der Waals surface area contributed by atoms with Crippen molar-refractivity contribution in [3.8, 4) is 0 Å². The number of alkyl halides is 3. The Labute approximate surface area is 165 Å². The Balaban J connectivity index is 0. The summed E-state index contributed by atoms with van der Waals surface area (Å²) in [5.41, 5.74) is -0.578. The normalized spacial score (nSPS) is 12.2. The molecule has 0 bridgehead atoms. The SMILES string of the molecule is CCCN(CCNC(=NC)NCCC(F)(F)F)C(=O)OC(C)(C)C.I. The molecule has 150 valence electrons. The van der Waals surface area contributed by atoms with Crippen molar-refractivity contribution in [2.45, 2.75) is 52.3 Å². The van der Waals surface area contributed by atoms with Crippen LogP contribution in [0.5, 0.6) is 0 Å². The molecule has 0 aromatic rings. The van der Waals surface area contributed by atoms with Gasteiger partial charge in [0.15, 0.2) is 5.96 Å². The second-order valence-electron chi connectivity index (χ2n) is 6.26. The van der Waals surface area contributed by atoms with Crippen LogP contribution in [0.15, 0.2) is 4.99 Å². The van der Waals surface area contributed by atoms with Crippen LogP contribution >= 0.6 is 24.0 Å². The zero-order chi connectivity index (χ0) is 18.8. The highest BCUT2D eigenvalue weighted by Crippen LogP contribution is 2.18. The van der Waals surface area contributed by atoms with Crippen LogP contribution in [0, 0.1) is 0 Å². The van der Waals surface area contributed by atoms with E-state index in [1.54, 1.807) is 25.7 Å². The molecule has 0 spiro atoms. The van der Waals surface area contributed by atoms with Crippen molar-refractivity contribution < 1.29 is 22.7 Å². The molecule has 0 aliphatic heterocycles. The van der Waals surface area contributed by atoms with Crippen molar-refractivity contribution in [1.29, 1.82) is 0 Å². The number of carbonyl (C=O) groups is 1. The van der Waals surface area contributed by atoms with Crippen LogP contribution in [0.1, 0.15) is 40.5 Å². The molecule has 0 unspecified atom stereocenters. The number of nitrogens with zero attached hydrogens (tertiary/aromatic N) is 2. The third kappa shape index (κ3) is 15.1. The number of ether oxygens (including phenoxy) is 1. The maximum atomic E-state index is 12.1. The third-order valence-corrected chi connectivity index (χ3v) is 2.74.